The van der Waals surface area contributed by atoms with E-state index in [2.05, 4.69) is 22.5 Å². The van der Waals surface area contributed by atoms with Crippen LogP contribution < -0.4 is 14.2 Å². The molecule has 1 aliphatic rings. The predicted octanol–water partition coefficient (Wildman–Crippen LogP) is 5.07. The summed E-state index contributed by atoms with van der Waals surface area (Å²) in [4.78, 5) is 12.7. The highest BCUT2D eigenvalue weighted by Gasteiger charge is 2.23. The Morgan fingerprint density at radius 3 is 2.85 bits per heavy atom. The summed E-state index contributed by atoms with van der Waals surface area (Å²) in [6, 6.07) is 11.0. The van der Waals surface area contributed by atoms with E-state index in [4.69, 9.17) is 14.2 Å². The van der Waals surface area contributed by atoms with Gasteiger partial charge >= 0.3 is 0 Å². The van der Waals surface area contributed by atoms with Crippen molar-refractivity contribution in [3.63, 3.8) is 0 Å². The van der Waals surface area contributed by atoms with Crippen molar-refractivity contribution < 1.29 is 19.0 Å². The maximum Gasteiger partial charge on any atom is 0.196 e. The van der Waals surface area contributed by atoms with Gasteiger partial charge in [-0.1, -0.05) is 24.8 Å². The number of ketones is 1. The van der Waals surface area contributed by atoms with E-state index >= 15 is 0 Å². The van der Waals surface area contributed by atoms with Gasteiger partial charge in [-0.25, -0.2) is 0 Å². The van der Waals surface area contributed by atoms with Crippen molar-refractivity contribution in [3.05, 3.63) is 70.2 Å². The molecule has 0 atom stereocenters. The highest BCUT2D eigenvalue weighted by atomic mass is 79.9. The monoisotopic (exact) mass is 414 g/mol. The second kappa shape index (κ2) is 8.23. The summed E-state index contributed by atoms with van der Waals surface area (Å²) >= 11 is 3.52. The molecule has 1 heterocycles. The number of carbonyl (C=O) groups excluding carboxylic acids is 1. The fourth-order valence-electron chi connectivity index (χ4n) is 2.70. The van der Waals surface area contributed by atoms with Crippen LogP contribution >= 0.6 is 15.9 Å². The number of halogens is 1. The van der Waals surface area contributed by atoms with E-state index in [-0.39, 0.29) is 12.4 Å². The van der Waals surface area contributed by atoms with Crippen LogP contribution in [0.1, 0.15) is 22.8 Å². The van der Waals surface area contributed by atoms with E-state index in [0.717, 1.165) is 10.0 Å². The van der Waals surface area contributed by atoms with Crippen LogP contribution in [0.25, 0.3) is 6.08 Å². The Balaban J connectivity index is 1.96. The molecular formula is C21H19BrO4. The van der Waals surface area contributed by atoms with Gasteiger partial charge in [0.1, 0.15) is 19.0 Å². The van der Waals surface area contributed by atoms with Crippen LogP contribution in [0.3, 0.4) is 0 Å². The first-order chi connectivity index (χ1) is 12.6. The molecule has 0 aliphatic carbocycles. The van der Waals surface area contributed by atoms with Crippen molar-refractivity contribution in [3.8, 4) is 17.2 Å². The van der Waals surface area contributed by atoms with Gasteiger partial charge in [-0.2, -0.15) is 0 Å². The molecule has 0 saturated heterocycles. The van der Waals surface area contributed by atoms with E-state index in [1.165, 1.54) is 0 Å². The Labute approximate surface area is 161 Å². The summed E-state index contributed by atoms with van der Waals surface area (Å²) < 4.78 is 17.8. The first kappa shape index (κ1) is 18.3. The van der Waals surface area contributed by atoms with E-state index in [0.29, 0.717) is 41.6 Å². The molecular weight excluding hydrogens is 396 g/mol. The minimum Gasteiger partial charge on any atom is -0.490 e. The summed E-state index contributed by atoms with van der Waals surface area (Å²) in [6.07, 6.45) is 3.50. The molecule has 26 heavy (non-hydrogen) atoms. The maximum atomic E-state index is 12.7. The van der Waals surface area contributed by atoms with Gasteiger partial charge in [-0.15, -0.1) is 0 Å². The highest BCUT2D eigenvalue weighted by molar-refractivity contribution is 9.10. The lowest BCUT2D eigenvalue weighted by Gasteiger charge is -2.19. The normalized spacial score (nSPS) is 14.5. The molecule has 4 nitrogen and oxygen atoms in total. The van der Waals surface area contributed by atoms with Gasteiger partial charge in [-0.3, -0.25) is 4.79 Å². The van der Waals surface area contributed by atoms with Gasteiger partial charge in [0.15, 0.2) is 17.3 Å². The summed E-state index contributed by atoms with van der Waals surface area (Å²) in [5.41, 5.74) is 2.01. The molecule has 0 radical (unpaired) electrons. The second-order valence-electron chi connectivity index (χ2n) is 5.65. The number of ether oxygens (including phenoxy) is 3. The van der Waals surface area contributed by atoms with E-state index < -0.39 is 0 Å². The SMILES string of the molecule is C=CCOc1c(Br)cc(/C=C2\COc3ccccc3C2=O)cc1OCC. The largest absolute Gasteiger partial charge is 0.490 e. The summed E-state index contributed by atoms with van der Waals surface area (Å²) in [6.45, 7) is 6.69. The number of hydrogen-bond acceptors (Lipinski definition) is 4. The Bertz CT molecular complexity index is 870. The van der Waals surface area contributed by atoms with Crippen LogP contribution in [0.15, 0.2) is 59.1 Å². The lowest BCUT2D eigenvalue weighted by Crippen LogP contribution is -2.18. The van der Waals surface area contributed by atoms with Crippen LogP contribution in [-0.2, 0) is 0 Å². The van der Waals surface area contributed by atoms with E-state index in [1.807, 2.05) is 37.3 Å². The molecule has 2 aromatic rings. The Morgan fingerprint density at radius 2 is 2.08 bits per heavy atom. The van der Waals surface area contributed by atoms with Crippen LogP contribution in [0.4, 0.5) is 0 Å². The number of rotatable bonds is 6. The first-order valence-corrected chi connectivity index (χ1v) is 9.10. The molecule has 3 rings (SSSR count). The lowest BCUT2D eigenvalue weighted by molar-refractivity contribution is 0.100. The minimum atomic E-state index is -0.0204. The zero-order valence-electron chi connectivity index (χ0n) is 14.5. The summed E-state index contributed by atoms with van der Waals surface area (Å²) in [5.74, 6) is 1.83. The number of hydrogen-bond donors (Lipinski definition) is 0. The molecule has 1 aliphatic heterocycles. The molecule has 0 N–H and O–H groups in total. The van der Waals surface area contributed by atoms with Crippen molar-refractivity contribution in [2.45, 2.75) is 6.92 Å². The van der Waals surface area contributed by atoms with Gasteiger partial charge in [0.25, 0.3) is 0 Å². The standard InChI is InChI=1S/C21H19BrO4/c1-3-9-25-21-17(22)11-14(12-19(21)24-4-2)10-15-13-26-18-8-6-5-7-16(18)20(15)23/h3,5-8,10-12H,1,4,9,13H2,2H3/b15-10+. The van der Waals surface area contributed by atoms with Crippen LogP contribution in [0.2, 0.25) is 0 Å². The molecule has 0 saturated carbocycles. The Morgan fingerprint density at radius 1 is 1.27 bits per heavy atom. The van der Waals surface area contributed by atoms with Crippen LogP contribution in [0.5, 0.6) is 17.2 Å². The molecule has 0 aromatic heterocycles. The molecule has 134 valence electrons. The zero-order chi connectivity index (χ0) is 18.5. The lowest BCUT2D eigenvalue weighted by atomic mass is 9.98. The van der Waals surface area contributed by atoms with E-state index in [9.17, 15) is 4.79 Å². The van der Waals surface area contributed by atoms with Crippen molar-refractivity contribution in [1.82, 2.24) is 0 Å². The van der Waals surface area contributed by atoms with Crippen LogP contribution in [-0.4, -0.2) is 25.6 Å². The molecule has 0 unspecified atom stereocenters. The van der Waals surface area contributed by atoms with Crippen molar-refractivity contribution in [2.75, 3.05) is 19.8 Å². The fraction of sp³-hybridized carbons (Fsp3) is 0.190. The second-order valence-corrected chi connectivity index (χ2v) is 6.50. The minimum absolute atomic E-state index is 0.0204. The molecule has 0 amide bonds. The summed E-state index contributed by atoms with van der Waals surface area (Å²) in [5, 5.41) is 0. The zero-order valence-corrected chi connectivity index (χ0v) is 16.0. The quantitative estimate of drug-likeness (QED) is 0.488. The van der Waals surface area contributed by atoms with Gasteiger partial charge in [-0.05, 0) is 58.8 Å². The third-order valence-corrected chi connectivity index (χ3v) is 4.41. The first-order valence-electron chi connectivity index (χ1n) is 8.31. The number of carbonyl (C=O) groups is 1. The topological polar surface area (TPSA) is 44.8 Å². The smallest absolute Gasteiger partial charge is 0.196 e. The van der Waals surface area contributed by atoms with Crippen molar-refractivity contribution >= 4 is 27.8 Å². The van der Waals surface area contributed by atoms with E-state index in [1.54, 1.807) is 18.2 Å². The molecule has 0 bridgehead atoms. The number of fused-ring (bicyclic) bond motifs is 1. The predicted molar refractivity (Wildman–Crippen MR) is 105 cm³/mol. The highest BCUT2D eigenvalue weighted by Crippen LogP contribution is 2.38. The number of benzene rings is 2. The van der Waals surface area contributed by atoms with Crippen molar-refractivity contribution in [1.29, 1.82) is 0 Å². The third kappa shape index (κ3) is 3.83. The van der Waals surface area contributed by atoms with Gasteiger partial charge < -0.3 is 14.2 Å². The number of Topliss-reactive ketones (excluding diaryl/α,β-unsaturated/α-hetero) is 1. The molecule has 5 heteroatoms. The Hall–Kier alpha value is -2.53. The van der Waals surface area contributed by atoms with Gasteiger partial charge in [0, 0.05) is 5.57 Å². The molecule has 2 aromatic carbocycles. The van der Waals surface area contributed by atoms with Gasteiger partial charge in [0.2, 0.25) is 0 Å². The number of para-hydroxylation sites is 1. The average Bonchev–Trinajstić information content (AvgIpc) is 2.64. The third-order valence-electron chi connectivity index (χ3n) is 3.82. The average molecular weight is 415 g/mol. The summed E-state index contributed by atoms with van der Waals surface area (Å²) in [7, 11) is 0. The maximum absolute atomic E-state index is 12.7. The molecule has 0 fully saturated rings. The Kier molecular flexibility index (Phi) is 5.78. The van der Waals surface area contributed by atoms with Crippen LogP contribution in [0, 0.1) is 0 Å². The molecule has 0 spiro atoms. The fourth-order valence-corrected chi connectivity index (χ4v) is 3.27. The van der Waals surface area contributed by atoms with Crippen molar-refractivity contribution in [2.24, 2.45) is 0 Å². The van der Waals surface area contributed by atoms with Gasteiger partial charge in [0.05, 0.1) is 16.6 Å².